The van der Waals surface area contributed by atoms with Gasteiger partial charge in [0, 0.05) is 5.02 Å². The zero-order valence-electron chi connectivity index (χ0n) is 15.6. The van der Waals surface area contributed by atoms with Gasteiger partial charge in [-0.05, 0) is 49.4 Å². The monoisotopic (exact) mass is 399 g/mol. The maximum atomic E-state index is 12.5. The smallest absolute Gasteiger partial charge is 0.317 e. The van der Waals surface area contributed by atoms with Crippen molar-refractivity contribution >= 4 is 29.3 Å². The molecule has 1 amide bonds. The van der Waals surface area contributed by atoms with Crippen LogP contribution in [0, 0.1) is 0 Å². The van der Waals surface area contributed by atoms with Gasteiger partial charge in [-0.3, -0.25) is 14.4 Å². The average Bonchev–Trinajstić information content (AvgIpc) is 3.49. The summed E-state index contributed by atoms with van der Waals surface area (Å²) in [6, 6.07) is 15.9. The molecule has 0 aliphatic heterocycles. The lowest BCUT2D eigenvalue weighted by Gasteiger charge is -2.18. The summed E-state index contributed by atoms with van der Waals surface area (Å²) in [5, 5.41) is 3.25. The second-order valence-corrected chi connectivity index (χ2v) is 7.52. The van der Waals surface area contributed by atoms with Gasteiger partial charge in [-0.15, -0.1) is 0 Å². The molecule has 1 atom stereocenters. The minimum atomic E-state index is -0.686. The van der Waals surface area contributed by atoms with E-state index in [-0.39, 0.29) is 5.78 Å². The average molecular weight is 400 g/mol. The zero-order chi connectivity index (χ0) is 20.1. The predicted molar refractivity (Wildman–Crippen MR) is 106 cm³/mol. The van der Waals surface area contributed by atoms with E-state index in [2.05, 4.69) is 5.32 Å². The van der Waals surface area contributed by atoms with Gasteiger partial charge in [-0.1, -0.05) is 54.1 Å². The van der Waals surface area contributed by atoms with Crippen LogP contribution in [0.4, 0.5) is 0 Å². The normalized spacial score (nSPS) is 15.4. The molecule has 28 heavy (non-hydrogen) atoms. The van der Waals surface area contributed by atoms with Gasteiger partial charge >= 0.3 is 5.97 Å². The van der Waals surface area contributed by atoms with Crippen molar-refractivity contribution in [2.75, 3.05) is 6.61 Å². The van der Waals surface area contributed by atoms with Crippen LogP contribution >= 0.6 is 11.6 Å². The van der Waals surface area contributed by atoms with Crippen molar-refractivity contribution in [2.45, 2.75) is 37.6 Å². The van der Waals surface area contributed by atoms with E-state index in [0.717, 1.165) is 11.1 Å². The Bertz CT molecular complexity index is 860. The Morgan fingerprint density at radius 1 is 1.07 bits per heavy atom. The second kappa shape index (κ2) is 8.57. The summed E-state index contributed by atoms with van der Waals surface area (Å²) in [5.41, 5.74) is 1.10. The second-order valence-electron chi connectivity index (χ2n) is 7.09. The van der Waals surface area contributed by atoms with Gasteiger partial charge in [-0.25, -0.2) is 0 Å². The van der Waals surface area contributed by atoms with Crippen molar-refractivity contribution in [3.05, 3.63) is 70.7 Å². The molecule has 6 heteroatoms. The highest BCUT2D eigenvalue weighted by Gasteiger charge is 2.52. The van der Waals surface area contributed by atoms with Gasteiger partial charge in [-0.2, -0.15) is 0 Å². The number of rotatable bonds is 8. The van der Waals surface area contributed by atoms with Crippen LogP contribution in [0.15, 0.2) is 54.6 Å². The summed E-state index contributed by atoms with van der Waals surface area (Å²) < 4.78 is 5.25. The molecule has 2 aromatic carbocycles. The molecule has 1 N–H and O–H groups in total. The summed E-state index contributed by atoms with van der Waals surface area (Å²) in [5.74, 6) is -1.06. The number of halogens is 1. The summed E-state index contributed by atoms with van der Waals surface area (Å²) >= 11 is 5.90. The lowest BCUT2D eigenvalue weighted by Crippen LogP contribution is -2.43. The number of carbonyl (C=O) groups is 3. The van der Waals surface area contributed by atoms with Crippen LogP contribution < -0.4 is 5.32 Å². The third kappa shape index (κ3) is 4.78. The standard InChI is InChI=1S/C22H22ClNO4/c1-15(25)19(13-16-5-3-2-4-6-16)24-20(26)14-28-21(27)22(11-12-22)17-7-9-18(23)10-8-17/h2-10,19H,11-14H2,1H3,(H,24,26)/t19-/m1/s1. The number of hydrogen-bond acceptors (Lipinski definition) is 4. The Morgan fingerprint density at radius 2 is 1.71 bits per heavy atom. The zero-order valence-corrected chi connectivity index (χ0v) is 16.4. The van der Waals surface area contributed by atoms with Crippen LogP contribution in [0.1, 0.15) is 30.9 Å². The van der Waals surface area contributed by atoms with E-state index in [9.17, 15) is 14.4 Å². The molecule has 146 valence electrons. The Labute approximate surface area is 169 Å². The van der Waals surface area contributed by atoms with Crippen molar-refractivity contribution in [1.82, 2.24) is 5.32 Å². The summed E-state index contributed by atoms with van der Waals surface area (Å²) in [6.07, 6.45) is 1.75. The van der Waals surface area contributed by atoms with Crippen LogP contribution in [0.25, 0.3) is 0 Å². The molecule has 0 aromatic heterocycles. The molecule has 1 saturated carbocycles. The Kier molecular flexibility index (Phi) is 6.15. The minimum Gasteiger partial charge on any atom is -0.455 e. The lowest BCUT2D eigenvalue weighted by atomic mass is 9.96. The predicted octanol–water partition coefficient (Wildman–Crippen LogP) is 3.23. The fourth-order valence-electron chi connectivity index (χ4n) is 3.16. The van der Waals surface area contributed by atoms with Crippen LogP contribution in [-0.2, 0) is 31.0 Å². The number of amides is 1. The quantitative estimate of drug-likeness (QED) is 0.692. The number of Topliss-reactive ketones (excluding diaryl/α,β-unsaturated/α-hetero) is 1. The topological polar surface area (TPSA) is 72.5 Å². The van der Waals surface area contributed by atoms with Crippen LogP contribution in [0.2, 0.25) is 5.02 Å². The summed E-state index contributed by atoms with van der Waals surface area (Å²) in [4.78, 5) is 36.6. The van der Waals surface area contributed by atoms with E-state index in [1.165, 1.54) is 6.92 Å². The molecule has 3 rings (SSSR count). The molecule has 0 unspecified atom stereocenters. The summed E-state index contributed by atoms with van der Waals surface area (Å²) in [6.45, 7) is 1.02. The fourth-order valence-corrected chi connectivity index (χ4v) is 3.28. The third-order valence-corrected chi connectivity index (χ3v) is 5.23. The van der Waals surface area contributed by atoms with Gasteiger partial charge in [0.2, 0.25) is 0 Å². The maximum Gasteiger partial charge on any atom is 0.317 e. The number of nitrogens with one attached hydrogen (secondary N) is 1. The van der Waals surface area contributed by atoms with Gasteiger partial charge in [0.15, 0.2) is 12.4 Å². The number of hydrogen-bond donors (Lipinski definition) is 1. The SMILES string of the molecule is CC(=O)[C@@H](Cc1ccccc1)NC(=O)COC(=O)C1(c2ccc(Cl)cc2)CC1. The van der Waals surface area contributed by atoms with Crippen LogP contribution in [0.5, 0.6) is 0 Å². The fraction of sp³-hybridized carbons (Fsp3) is 0.318. The lowest BCUT2D eigenvalue weighted by molar-refractivity contribution is -0.151. The van der Waals surface area contributed by atoms with Gasteiger partial charge in [0.25, 0.3) is 5.91 Å². The van der Waals surface area contributed by atoms with Crippen LogP contribution in [0.3, 0.4) is 0 Å². The first kappa shape index (κ1) is 20.1. The third-order valence-electron chi connectivity index (χ3n) is 4.98. The van der Waals surface area contributed by atoms with Gasteiger partial charge < -0.3 is 10.1 Å². The van der Waals surface area contributed by atoms with E-state index in [1.54, 1.807) is 12.1 Å². The molecular weight excluding hydrogens is 378 g/mol. The number of ketones is 1. The van der Waals surface area contributed by atoms with Crippen molar-refractivity contribution in [1.29, 1.82) is 0 Å². The van der Waals surface area contributed by atoms with Crippen molar-refractivity contribution in [2.24, 2.45) is 0 Å². The summed E-state index contributed by atoms with van der Waals surface area (Å²) in [7, 11) is 0. The molecule has 5 nitrogen and oxygen atoms in total. The Balaban J connectivity index is 1.55. The Morgan fingerprint density at radius 3 is 2.29 bits per heavy atom. The highest BCUT2D eigenvalue weighted by molar-refractivity contribution is 6.30. The van der Waals surface area contributed by atoms with E-state index < -0.39 is 29.9 Å². The maximum absolute atomic E-state index is 12.5. The number of carbonyl (C=O) groups excluding carboxylic acids is 3. The van der Waals surface area contributed by atoms with Crippen molar-refractivity contribution in [3.63, 3.8) is 0 Å². The molecule has 1 aliphatic carbocycles. The van der Waals surface area contributed by atoms with E-state index in [4.69, 9.17) is 16.3 Å². The van der Waals surface area contributed by atoms with Crippen LogP contribution in [-0.4, -0.2) is 30.3 Å². The number of ether oxygens (including phenoxy) is 1. The molecular formula is C22H22ClNO4. The number of esters is 1. The molecule has 0 saturated heterocycles. The molecule has 1 fully saturated rings. The largest absolute Gasteiger partial charge is 0.455 e. The first-order valence-corrected chi connectivity index (χ1v) is 9.55. The molecule has 1 aliphatic rings. The Hall–Kier alpha value is -2.66. The molecule has 2 aromatic rings. The highest BCUT2D eigenvalue weighted by Crippen LogP contribution is 2.49. The first-order valence-electron chi connectivity index (χ1n) is 9.18. The molecule has 0 heterocycles. The molecule has 0 spiro atoms. The molecule has 0 bridgehead atoms. The number of benzene rings is 2. The van der Waals surface area contributed by atoms with E-state index in [1.807, 2.05) is 42.5 Å². The highest BCUT2D eigenvalue weighted by atomic mass is 35.5. The van der Waals surface area contributed by atoms with Crippen molar-refractivity contribution in [3.8, 4) is 0 Å². The van der Waals surface area contributed by atoms with E-state index >= 15 is 0 Å². The minimum absolute atomic E-state index is 0.150. The van der Waals surface area contributed by atoms with Gasteiger partial charge in [0.1, 0.15) is 0 Å². The van der Waals surface area contributed by atoms with Gasteiger partial charge in [0.05, 0.1) is 11.5 Å². The molecule has 0 radical (unpaired) electrons. The first-order chi connectivity index (χ1) is 13.4. The van der Waals surface area contributed by atoms with Crippen molar-refractivity contribution < 1.29 is 19.1 Å². The van der Waals surface area contributed by atoms with E-state index in [0.29, 0.717) is 24.3 Å².